The third-order valence-corrected chi connectivity index (χ3v) is 10.9. The van der Waals surface area contributed by atoms with E-state index in [1.807, 2.05) is 6.07 Å². The van der Waals surface area contributed by atoms with Crippen LogP contribution in [0.3, 0.4) is 0 Å². The van der Waals surface area contributed by atoms with Crippen molar-refractivity contribution in [2.24, 2.45) is 20.7 Å². The number of fused-ring (bicyclic) bond motifs is 6. The number of ether oxygens (including phenoxy) is 5. The van der Waals surface area contributed by atoms with Gasteiger partial charge in [0.2, 0.25) is 12.2 Å². The predicted octanol–water partition coefficient (Wildman–Crippen LogP) is 1.41. The summed E-state index contributed by atoms with van der Waals surface area (Å²) in [5, 5.41) is 33.0. The van der Waals surface area contributed by atoms with E-state index in [0.29, 0.717) is 23.5 Å². The molecule has 18 heteroatoms. The minimum Gasteiger partial charge on any atom is -0.499 e. The summed E-state index contributed by atoms with van der Waals surface area (Å²) in [5.41, 5.74) is 14.2. The van der Waals surface area contributed by atoms with Crippen LogP contribution in [-0.4, -0.2) is 119 Å². The molecule has 18 nitrogen and oxygen atoms in total. The number of benzene rings is 3. The molecule has 7 N–H and O–H groups in total. The van der Waals surface area contributed by atoms with Gasteiger partial charge in [0.15, 0.2) is 34.6 Å². The molecule has 61 heavy (non-hydrogen) atoms. The Morgan fingerprint density at radius 1 is 0.885 bits per heavy atom. The molecule has 5 aliphatic rings. The van der Waals surface area contributed by atoms with E-state index in [0.717, 1.165) is 5.56 Å². The molecule has 6 atom stereocenters. The number of amides is 1. The Hall–Kier alpha value is -6.83. The fourth-order valence-electron chi connectivity index (χ4n) is 8.08. The van der Waals surface area contributed by atoms with E-state index in [4.69, 9.17) is 35.2 Å². The van der Waals surface area contributed by atoms with E-state index >= 15 is 0 Å². The fourth-order valence-corrected chi connectivity index (χ4v) is 8.08. The number of aliphatic hydroxyl groups excluding tert-OH is 3. The van der Waals surface area contributed by atoms with Gasteiger partial charge in [-0.05, 0) is 47.9 Å². The van der Waals surface area contributed by atoms with Crippen molar-refractivity contribution in [2.45, 2.75) is 43.0 Å². The number of nitrogens with two attached hydrogens (primary N) is 2. The molecule has 4 aromatic rings. The van der Waals surface area contributed by atoms with Gasteiger partial charge in [-0.25, -0.2) is 4.98 Å². The first kappa shape index (κ1) is 39.6. The van der Waals surface area contributed by atoms with Crippen LogP contribution in [0, 0.1) is 0 Å². The van der Waals surface area contributed by atoms with Gasteiger partial charge >= 0.3 is 5.91 Å². The van der Waals surface area contributed by atoms with E-state index in [1.165, 1.54) is 6.26 Å². The number of carbonyl (C=O) groups is 3. The summed E-state index contributed by atoms with van der Waals surface area (Å²) in [6.07, 6.45) is -2.01. The second-order valence-corrected chi connectivity index (χ2v) is 14.6. The van der Waals surface area contributed by atoms with E-state index in [9.17, 15) is 29.7 Å². The molecular weight excluding hydrogens is 791 g/mol. The molecule has 9 rings (SSSR count). The summed E-state index contributed by atoms with van der Waals surface area (Å²) in [7, 11) is 0. The Morgan fingerprint density at radius 3 is 2.48 bits per heavy atom. The standard InChI is InChI=1S/C43H39N7O11/c44-30-17-21(9-12-46-30)10-15-58-39-36(55)35(54)29-19-57-14-11-22(23-5-3-4-8-28(23)50-20-47-32-40(50)48-43(45)49-41(32)56)26-18-27-31(34(53)25-7-2-1-6-24(25)33(27)52)38(59-16-13-51)37(26)61-42(39)60-29/h1-9,11-12,14,17-18,22,29,35-36,39,42,51,54-55H,10,13,15-16,19-20H2,(H2,44,46)(H2,45,49,56). The third-order valence-electron chi connectivity index (χ3n) is 10.9. The average Bonchev–Trinajstić information content (AvgIpc) is 3.67. The highest BCUT2D eigenvalue weighted by molar-refractivity contribution is 6.72. The number of rotatable bonds is 9. The minimum atomic E-state index is -1.56. The summed E-state index contributed by atoms with van der Waals surface area (Å²) >= 11 is 0. The second kappa shape index (κ2) is 16.3. The van der Waals surface area contributed by atoms with Crippen LogP contribution in [0.2, 0.25) is 0 Å². The van der Waals surface area contributed by atoms with Gasteiger partial charge in [-0.3, -0.25) is 19.4 Å². The summed E-state index contributed by atoms with van der Waals surface area (Å²) in [5.74, 6) is -2.51. The smallest absolute Gasteiger partial charge is 0.302 e. The van der Waals surface area contributed by atoms with Crippen LogP contribution in [0.15, 0.2) is 100 Å². The van der Waals surface area contributed by atoms with Crippen molar-refractivity contribution in [3.8, 4) is 11.5 Å². The molecule has 3 aromatic carbocycles. The van der Waals surface area contributed by atoms with Gasteiger partial charge in [-0.1, -0.05) is 42.5 Å². The highest BCUT2D eigenvalue weighted by Crippen LogP contribution is 2.49. The van der Waals surface area contributed by atoms with Crippen LogP contribution in [0.4, 0.5) is 11.5 Å². The third kappa shape index (κ3) is 7.19. The predicted molar refractivity (Wildman–Crippen MR) is 218 cm³/mol. The Morgan fingerprint density at radius 2 is 1.67 bits per heavy atom. The molecule has 6 unspecified atom stereocenters. The lowest BCUT2D eigenvalue weighted by molar-refractivity contribution is -0.287. The second-order valence-electron chi connectivity index (χ2n) is 14.6. The van der Waals surface area contributed by atoms with Crippen molar-refractivity contribution in [2.75, 3.05) is 43.7 Å². The number of carbonyl (C=O) groups excluding carboxylic acids is 3. The van der Waals surface area contributed by atoms with Crippen LogP contribution in [0.25, 0.3) is 0 Å². The Kier molecular flexibility index (Phi) is 10.6. The molecule has 1 aliphatic carbocycles. The number of aliphatic hydroxyl groups is 3. The number of pyridine rings is 1. The fraction of sp³-hybridized carbons (Fsp3) is 0.279. The quantitative estimate of drug-likeness (QED) is 0.141. The molecule has 2 bridgehead atoms. The van der Waals surface area contributed by atoms with Gasteiger partial charge in [-0.15, -0.1) is 0 Å². The number of para-hydroxylation sites is 1. The Bertz CT molecular complexity index is 2570. The SMILES string of the molecule is NC1=NC(=O)C2=NCN(c3ccccc3C3C=COCC4OC(Oc5c3cc3c(c5OCCO)C(=O)c5ccccc5C3=O)C(OCCc3ccnc(N)c3)C(O)C4O)C2=N1. The highest BCUT2D eigenvalue weighted by Gasteiger charge is 2.48. The topological polar surface area (TPSA) is 263 Å². The van der Waals surface area contributed by atoms with Crippen LogP contribution in [0.5, 0.6) is 11.5 Å². The zero-order valence-electron chi connectivity index (χ0n) is 32.3. The maximum Gasteiger partial charge on any atom is 0.302 e. The molecule has 1 aromatic heterocycles. The number of allylic oxidation sites excluding steroid dienone is 1. The molecule has 0 radical (unpaired) electrons. The van der Waals surface area contributed by atoms with Gasteiger partial charge < -0.3 is 55.4 Å². The number of hydrogen-bond acceptors (Lipinski definition) is 17. The summed E-state index contributed by atoms with van der Waals surface area (Å²) in [4.78, 5) is 60.0. The van der Waals surface area contributed by atoms with E-state index in [1.54, 1.807) is 77.8 Å². The number of aliphatic imine (C=N–C) groups is 3. The summed E-state index contributed by atoms with van der Waals surface area (Å²) in [6, 6.07) is 18.6. The van der Waals surface area contributed by atoms with Crippen molar-refractivity contribution in [3.63, 3.8) is 0 Å². The normalized spacial score (nSPS) is 24.1. The molecule has 5 heterocycles. The first-order valence-corrected chi connectivity index (χ1v) is 19.4. The molecule has 1 fully saturated rings. The molecule has 0 saturated carbocycles. The van der Waals surface area contributed by atoms with Crippen LogP contribution in [-0.2, 0) is 25.4 Å². The van der Waals surface area contributed by atoms with Crippen LogP contribution in [0.1, 0.15) is 54.5 Å². The summed E-state index contributed by atoms with van der Waals surface area (Å²) in [6.45, 7) is -1.01. The van der Waals surface area contributed by atoms with Gasteiger partial charge in [-0.2, -0.15) is 9.98 Å². The number of guanidine groups is 1. The van der Waals surface area contributed by atoms with Crippen molar-refractivity contribution in [1.82, 2.24) is 4.98 Å². The molecular formula is C43H39N7O11. The van der Waals surface area contributed by atoms with Crippen molar-refractivity contribution in [1.29, 1.82) is 0 Å². The first-order chi connectivity index (χ1) is 29.6. The van der Waals surface area contributed by atoms with Crippen molar-refractivity contribution < 1.29 is 53.4 Å². The van der Waals surface area contributed by atoms with Crippen molar-refractivity contribution in [3.05, 3.63) is 124 Å². The monoisotopic (exact) mass is 829 g/mol. The number of anilines is 2. The van der Waals surface area contributed by atoms with E-state index in [-0.39, 0.29) is 83.3 Å². The highest BCUT2D eigenvalue weighted by atomic mass is 16.7. The van der Waals surface area contributed by atoms with Crippen LogP contribution < -0.4 is 25.8 Å². The maximum absolute atomic E-state index is 14.5. The van der Waals surface area contributed by atoms with Crippen molar-refractivity contribution >= 4 is 46.5 Å². The average molecular weight is 830 g/mol. The number of aromatic nitrogens is 1. The van der Waals surface area contributed by atoms with Gasteiger partial charge in [0.1, 0.15) is 50.1 Å². The number of hydrogen-bond donors (Lipinski definition) is 5. The molecule has 4 aliphatic heterocycles. The van der Waals surface area contributed by atoms with E-state index < -0.39 is 60.7 Å². The molecule has 312 valence electrons. The zero-order valence-corrected chi connectivity index (χ0v) is 32.3. The number of nitrogens with zero attached hydrogens (tertiary/aromatic N) is 5. The summed E-state index contributed by atoms with van der Waals surface area (Å²) < 4.78 is 31.6. The van der Waals surface area contributed by atoms with Crippen LogP contribution >= 0.6 is 0 Å². The number of nitrogen functional groups attached to an aromatic ring is 1. The molecule has 1 saturated heterocycles. The van der Waals surface area contributed by atoms with E-state index in [2.05, 4.69) is 20.0 Å². The number of ketones is 2. The number of amidine groups is 1. The molecule has 1 amide bonds. The Labute approximate surface area is 347 Å². The minimum absolute atomic E-state index is 0.00557. The molecule has 0 spiro atoms. The van der Waals surface area contributed by atoms with Gasteiger partial charge in [0, 0.05) is 40.1 Å². The lowest BCUT2D eigenvalue weighted by Crippen LogP contribution is -2.61. The Balaban J connectivity index is 1.23. The lowest BCUT2D eigenvalue weighted by atomic mass is 9.79. The van der Waals surface area contributed by atoms with Gasteiger partial charge in [0.05, 0.1) is 25.0 Å². The van der Waals surface area contributed by atoms with Gasteiger partial charge in [0.25, 0.3) is 0 Å². The first-order valence-electron chi connectivity index (χ1n) is 19.4. The zero-order chi connectivity index (χ0) is 42.4. The lowest BCUT2D eigenvalue weighted by Gasteiger charge is -2.42. The largest absolute Gasteiger partial charge is 0.499 e. The maximum atomic E-state index is 14.5.